The molecule has 14 heteroatoms. The first kappa shape index (κ1) is 30.6. The van der Waals surface area contributed by atoms with Crippen LogP contribution in [0, 0.1) is 17.6 Å². The molecule has 0 radical (unpaired) electrons. The Balaban J connectivity index is 1.28. The van der Waals surface area contributed by atoms with Crippen LogP contribution in [0.1, 0.15) is 25.3 Å². The van der Waals surface area contributed by atoms with Crippen LogP contribution in [0.15, 0.2) is 48.9 Å². The predicted octanol–water partition coefficient (Wildman–Crippen LogP) is 4.64. The Labute approximate surface area is 258 Å². The molecular formula is C31H35F3N8O3. The number of rotatable bonds is 6. The number of carbonyl (C=O) groups excluding carboxylic acids is 1. The second-order valence-electron chi connectivity index (χ2n) is 11.7. The number of hydrogen-bond acceptors (Lipinski definition) is 9. The van der Waals surface area contributed by atoms with Gasteiger partial charge in [-0.05, 0) is 41.8 Å². The maximum atomic E-state index is 15.5. The Morgan fingerprint density at radius 3 is 2.58 bits per heavy atom. The maximum Gasteiger partial charge on any atom is 0.409 e. The van der Waals surface area contributed by atoms with Gasteiger partial charge in [-0.1, -0.05) is 6.92 Å². The number of carbonyl (C=O) groups is 1. The Morgan fingerprint density at radius 1 is 1.16 bits per heavy atom. The Kier molecular flexibility index (Phi) is 8.27. The molecule has 6 rings (SSSR count). The summed E-state index contributed by atoms with van der Waals surface area (Å²) >= 11 is 0. The number of likely N-dealkylation sites (N-methyl/N-ethyl adjacent to an activating group) is 1. The minimum Gasteiger partial charge on any atom is -0.453 e. The summed E-state index contributed by atoms with van der Waals surface area (Å²) in [7, 11) is 3.02. The van der Waals surface area contributed by atoms with Crippen molar-refractivity contribution in [3.05, 3.63) is 66.1 Å². The smallest absolute Gasteiger partial charge is 0.409 e. The second kappa shape index (κ2) is 12.2. The van der Waals surface area contributed by atoms with E-state index in [0.29, 0.717) is 30.2 Å². The molecule has 3 unspecified atom stereocenters. The first-order chi connectivity index (χ1) is 21.6. The number of halogens is 3. The quantitative estimate of drug-likeness (QED) is 0.316. The number of methoxy groups -OCH3 is 1. The summed E-state index contributed by atoms with van der Waals surface area (Å²) in [4.78, 5) is 24.5. The minimum atomic E-state index is -1.85. The first-order valence-corrected chi connectivity index (χ1v) is 14.7. The number of imidazole rings is 1. The molecule has 0 saturated carbocycles. The molecular weight excluding hydrogens is 589 g/mol. The third-order valence-corrected chi connectivity index (χ3v) is 8.74. The number of aromatic nitrogens is 4. The fourth-order valence-corrected chi connectivity index (χ4v) is 6.49. The van der Waals surface area contributed by atoms with Crippen molar-refractivity contribution in [1.29, 1.82) is 0 Å². The summed E-state index contributed by atoms with van der Waals surface area (Å²) in [5.74, 6) is -1.50. The molecule has 0 bridgehead atoms. The topological polar surface area (TPSA) is 123 Å². The van der Waals surface area contributed by atoms with Gasteiger partial charge in [0.2, 0.25) is 5.95 Å². The van der Waals surface area contributed by atoms with E-state index in [9.17, 15) is 4.79 Å². The number of nitrogens with one attached hydrogen (secondary N) is 1. The van der Waals surface area contributed by atoms with Crippen molar-refractivity contribution in [3.8, 4) is 11.3 Å². The molecule has 0 spiro atoms. The molecule has 1 aromatic carbocycles. The van der Waals surface area contributed by atoms with E-state index in [4.69, 9.17) is 15.2 Å². The zero-order chi connectivity index (χ0) is 31.9. The van der Waals surface area contributed by atoms with E-state index in [2.05, 4.69) is 25.3 Å². The van der Waals surface area contributed by atoms with Gasteiger partial charge in [0.15, 0.2) is 0 Å². The van der Waals surface area contributed by atoms with Crippen molar-refractivity contribution in [3.63, 3.8) is 0 Å². The van der Waals surface area contributed by atoms with E-state index >= 15 is 13.2 Å². The van der Waals surface area contributed by atoms with Crippen LogP contribution in [0.2, 0.25) is 0 Å². The van der Waals surface area contributed by atoms with Gasteiger partial charge in [-0.25, -0.2) is 22.9 Å². The van der Waals surface area contributed by atoms with Crippen LogP contribution in [0.4, 0.5) is 35.3 Å². The monoisotopic (exact) mass is 624 g/mol. The molecule has 2 aliphatic rings. The highest BCUT2D eigenvalue weighted by molar-refractivity contribution is 5.74. The summed E-state index contributed by atoms with van der Waals surface area (Å²) in [6.07, 6.45) is 4.51. The molecule has 2 aliphatic heterocycles. The summed E-state index contributed by atoms with van der Waals surface area (Å²) in [5.41, 5.74) is 6.32. The number of ether oxygens (including phenoxy) is 2. The summed E-state index contributed by atoms with van der Waals surface area (Å²) in [6.45, 7) is 3.46. The van der Waals surface area contributed by atoms with Crippen LogP contribution in [0.5, 0.6) is 0 Å². The van der Waals surface area contributed by atoms with Crippen LogP contribution in [-0.4, -0.2) is 83.1 Å². The third-order valence-electron chi connectivity index (χ3n) is 8.74. The van der Waals surface area contributed by atoms with Gasteiger partial charge < -0.3 is 30.3 Å². The summed E-state index contributed by atoms with van der Waals surface area (Å²) in [5, 5.41) is 7.76. The molecule has 1 amide bonds. The van der Waals surface area contributed by atoms with Crippen molar-refractivity contribution in [2.75, 3.05) is 50.7 Å². The average molecular weight is 625 g/mol. The lowest BCUT2D eigenvalue weighted by molar-refractivity contribution is -0.0117. The predicted molar refractivity (Wildman–Crippen MR) is 162 cm³/mol. The molecule has 0 aliphatic carbocycles. The van der Waals surface area contributed by atoms with E-state index in [1.807, 2.05) is 13.0 Å². The molecule has 3 aromatic heterocycles. The normalized spacial score (nSPS) is 21.5. The van der Waals surface area contributed by atoms with Crippen molar-refractivity contribution < 1.29 is 27.4 Å². The Bertz CT molecular complexity index is 1680. The van der Waals surface area contributed by atoms with Gasteiger partial charge in [-0.3, -0.25) is 4.98 Å². The molecule has 11 nitrogen and oxygen atoms in total. The van der Waals surface area contributed by atoms with Crippen LogP contribution in [0.25, 0.3) is 16.8 Å². The number of piperidine rings is 1. The highest BCUT2D eigenvalue weighted by Gasteiger charge is 2.38. The minimum absolute atomic E-state index is 0.0187. The first-order valence-electron chi connectivity index (χ1n) is 14.7. The van der Waals surface area contributed by atoms with E-state index < -0.39 is 23.4 Å². The number of hydrogen-bond donors (Lipinski definition) is 2. The summed E-state index contributed by atoms with van der Waals surface area (Å²) < 4.78 is 57.8. The second-order valence-corrected chi connectivity index (χ2v) is 11.7. The number of anilines is 3. The molecule has 5 heterocycles. The maximum absolute atomic E-state index is 15.5. The van der Waals surface area contributed by atoms with Crippen molar-refractivity contribution in [1.82, 2.24) is 24.5 Å². The molecule has 45 heavy (non-hydrogen) atoms. The van der Waals surface area contributed by atoms with Crippen LogP contribution < -0.4 is 16.0 Å². The SMILES string of the molecule is COC(=O)N(C)C1C(C)CN(c2ccncc2Nc2ncc3ccc(-c4c(F)cc(C5(F)CCOCC5)cc4F)nn23)CC1N. The molecule has 3 N–H and O–H groups in total. The number of pyridine rings is 1. The number of amides is 1. The number of benzene rings is 1. The molecule has 3 atom stereocenters. The third kappa shape index (κ3) is 5.75. The van der Waals surface area contributed by atoms with Crippen molar-refractivity contribution in [2.24, 2.45) is 11.7 Å². The highest BCUT2D eigenvalue weighted by Crippen LogP contribution is 2.39. The summed E-state index contributed by atoms with van der Waals surface area (Å²) in [6, 6.07) is 6.51. The van der Waals surface area contributed by atoms with Gasteiger partial charge in [0.1, 0.15) is 17.3 Å². The fraction of sp³-hybridized carbons (Fsp3) is 0.419. The molecule has 4 aromatic rings. The van der Waals surface area contributed by atoms with Gasteiger partial charge in [-0.2, -0.15) is 9.61 Å². The van der Waals surface area contributed by atoms with Gasteiger partial charge in [0.25, 0.3) is 0 Å². The van der Waals surface area contributed by atoms with E-state index in [1.165, 1.54) is 22.6 Å². The number of nitrogens with two attached hydrogens (primary N) is 1. The van der Waals surface area contributed by atoms with Crippen LogP contribution >= 0.6 is 0 Å². The van der Waals surface area contributed by atoms with E-state index in [-0.39, 0.29) is 60.9 Å². The van der Waals surface area contributed by atoms with Crippen LogP contribution in [-0.2, 0) is 15.1 Å². The van der Waals surface area contributed by atoms with Crippen LogP contribution in [0.3, 0.4) is 0 Å². The van der Waals surface area contributed by atoms with Gasteiger partial charge in [-0.15, -0.1) is 0 Å². The van der Waals surface area contributed by atoms with E-state index in [0.717, 1.165) is 17.8 Å². The molecule has 2 fully saturated rings. The Hall–Kier alpha value is -4.43. The van der Waals surface area contributed by atoms with Gasteiger partial charge >= 0.3 is 6.09 Å². The fourth-order valence-electron chi connectivity index (χ4n) is 6.49. The molecule has 238 valence electrons. The zero-order valence-electron chi connectivity index (χ0n) is 25.2. The largest absolute Gasteiger partial charge is 0.453 e. The van der Waals surface area contributed by atoms with E-state index in [1.54, 1.807) is 31.7 Å². The average Bonchev–Trinajstić information content (AvgIpc) is 3.42. The van der Waals surface area contributed by atoms with Crippen molar-refractivity contribution >= 4 is 28.9 Å². The lowest BCUT2D eigenvalue weighted by atomic mass is 9.87. The standard InChI is InChI=1S/C31H35F3N8O3/c1-18-16-41(17-23(35)28(18)40(2)30(43)44-3)26-6-9-36-15-25(26)38-29-37-14-20-4-5-24(39-42(20)29)27-21(32)12-19(13-22(27)33)31(34)7-10-45-11-8-31/h4-6,9,12-15,18,23,28H,7-8,10-11,16-17,35H2,1-3H3,(H,37,38). The number of alkyl halides is 1. The Morgan fingerprint density at radius 2 is 1.89 bits per heavy atom. The van der Waals surface area contributed by atoms with Crippen molar-refractivity contribution in [2.45, 2.75) is 37.5 Å². The van der Waals surface area contributed by atoms with Gasteiger partial charge in [0.05, 0.1) is 53.7 Å². The lowest BCUT2D eigenvalue weighted by Gasteiger charge is -2.45. The lowest BCUT2D eigenvalue weighted by Crippen LogP contribution is -2.62. The number of fused-ring (bicyclic) bond motifs is 1. The highest BCUT2D eigenvalue weighted by atomic mass is 19.1. The van der Waals surface area contributed by atoms with Gasteiger partial charge in [0, 0.05) is 58.4 Å². The number of nitrogens with zero attached hydrogens (tertiary/aromatic N) is 6. The zero-order valence-corrected chi connectivity index (χ0v) is 25.2. The molecule has 2 saturated heterocycles.